The molecule has 0 N–H and O–H groups in total. The fraction of sp³-hybridized carbons (Fsp3) is 0.250. The summed E-state index contributed by atoms with van der Waals surface area (Å²) in [5.74, 6) is 0. The average molecular weight is 187 g/mol. The van der Waals surface area contributed by atoms with Gasteiger partial charge in [0, 0.05) is 4.48 Å². The molecule has 0 saturated carbocycles. The van der Waals surface area contributed by atoms with Crippen molar-refractivity contribution in [1.29, 1.82) is 0 Å². The zero-order valence-electron chi connectivity index (χ0n) is 5.82. The number of hydrogen-bond acceptors (Lipinski definition) is 0. The first-order valence-corrected chi connectivity index (χ1v) is 3.62. The number of allylic oxidation sites excluding steroid dienone is 5. The Bertz CT molecular complexity index is 152. The first-order chi connectivity index (χ1) is 4.18. The molecule has 0 aromatic carbocycles. The predicted molar refractivity (Wildman–Crippen MR) is 46.6 cm³/mol. The van der Waals surface area contributed by atoms with E-state index in [4.69, 9.17) is 0 Å². The van der Waals surface area contributed by atoms with E-state index in [0.29, 0.717) is 0 Å². The summed E-state index contributed by atoms with van der Waals surface area (Å²) in [7, 11) is 0. The lowest BCUT2D eigenvalue weighted by Crippen LogP contribution is -1.68. The van der Waals surface area contributed by atoms with Crippen molar-refractivity contribution in [2.24, 2.45) is 0 Å². The Labute approximate surface area is 65.1 Å². The maximum Gasteiger partial charge on any atom is 0.0132 e. The lowest BCUT2D eigenvalue weighted by Gasteiger charge is -1.91. The SMILES string of the molecule is C=C(Br)/C(C)=C\C=C/C. The van der Waals surface area contributed by atoms with Gasteiger partial charge < -0.3 is 0 Å². The smallest absolute Gasteiger partial charge is 0.0132 e. The van der Waals surface area contributed by atoms with Crippen LogP contribution in [0.1, 0.15) is 13.8 Å². The van der Waals surface area contributed by atoms with Gasteiger partial charge in [-0.25, -0.2) is 0 Å². The van der Waals surface area contributed by atoms with Crippen LogP contribution in [-0.2, 0) is 0 Å². The minimum atomic E-state index is 0.945. The fourth-order valence-corrected chi connectivity index (χ4v) is 0.463. The molecule has 0 aromatic heterocycles. The van der Waals surface area contributed by atoms with E-state index in [0.717, 1.165) is 10.1 Å². The highest BCUT2D eigenvalue weighted by atomic mass is 79.9. The van der Waals surface area contributed by atoms with Gasteiger partial charge in [0.05, 0.1) is 0 Å². The summed E-state index contributed by atoms with van der Waals surface area (Å²) in [5.41, 5.74) is 1.16. The molecule has 0 aliphatic rings. The van der Waals surface area contributed by atoms with Gasteiger partial charge in [0.25, 0.3) is 0 Å². The summed E-state index contributed by atoms with van der Waals surface area (Å²) in [5, 5.41) is 0. The largest absolute Gasteiger partial charge is 0.0877 e. The van der Waals surface area contributed by atoms with Crippen LogP contribution in [0.25, 0.3) is 0 Å². The zero-order valence-corrected chi connectivity index (χ0v) is 7.40. The standard InChI is InChI=1S/C8H11Br/c1-4-5-6-7(2)8(3)9/h4-6H,3H2,1-2H3/b5-4-,7-6-. The predicted octanol–water partition coefficient (Wildman–Crippen LogP) is 3.42. The van der Waals surface area contributed by atoms with E-state index in [1.54, 1.807) is 0 Å². The van der Waals surface area contributed by atoms with Crippen LogP contribution < -0.4 is 0 Å². The van der Waals surface area contributed by atoms with Crippen LogP contribution in [0.2, 0.25) is 0 Å². The molecule has 0 radical (unpaired) electrons. The summed E-state index contributed by atoms with van der Waals surface area (Å²) >= 11 is 3.27. The third-order valence-electron chi connectivity index (χ3n) is 0.967. The summed E-state index contributed by atoms with van der Waals surface area (Å²) in [4.78, 5) is 0. The molecule has 0 fully saturated rings. The fourth-order valence-electron chi connectivity index (χ4n) is 0.331. The van der Waals surface area contributed by atoms with Crippen molar-refractivity contribution in [3.63, 3.8) is 0 Å². The molecule has 0 bridgehead atoms. The van der Waals surface area contributed by atoms with Crippen LogP contribution >= 0.6 is 15.9 Å². The molecule has 9 heavy (non-hydrogen) atoms. The van der Waals surface area contributed by atoms with E-state index in [1.807, 2.05) is 32.1 Å². The maximum atomic E-state index is 3.72. The second-order valence-corrected chi connectivity index (χ2v) is 2.74. The van der Waals surface area contributed by atoms with Crippen molar-refractivity contribution < 1.29 is 0 Å². The zero-order chi connectivity index (χ0) is 7.28. The molecule has 0 amide bonds. The van der Waals surface area contributed by atoms with Crippen LogP contribution in [0.15, 0.2) is 34.9 Å². The minimum Gasteiger partial charge on any atom is -0.0877 e. The highest BCUT2D eigenvalue weighted by molar-refractivity contribution is 9.11. The Morgan fingerprint density at radius 3 is 2.44 bits per heavy atom. The maximum absolute atomic E-state index is 3.72. The molecule has 1 heteroatoms. The Morgan fingerprint density at radius 2 is 2.11 bits per heavy atom. The van der Waals surface area contributed by atoms with E-state index in [1.165, 1.54) is 0 Å². The Hall–Kier alpha value is -0.300. The van der Waals surface area contributed by atoms with Gasteiger partial charge in [0.2, 0.25) is 0 Å². The van der Waals surface area contributed by atoms with Gasteiger partial charge in [-0.15, -0.1) is 0 Å². The van der Waals surface area contributed by atoms with E-state index in [2.05, 4.69) is 22.5 Å². The van der Waals surface area contributed by atoms with Crippen molar-refractivity contribution in [2.75, 3.05) is 0 Å². The van der Waals surface area contributed by atoms with Crippen LogP contribution in [0, 0.1) is 0 Å². The van der Waals surface area contributed by atoms with Crippen LogP contribution in [0.5, 0.6) is 0 Å². The lowest BCUT2D eigenvalue weighted by molar-refractivity contribution is 1.51. The van der Waals surface area contributed by atoms with Gasteiger partial charge in [0.1, 0.15) is 0 Å². The van der Waals surface area contributed by atoms with Gasteiger partial charge in [0.15, 0.2) is 0 Å². The van der Waals surface area contributed by atoms with Crippen molar-refractivity contribution in [3.05, 3.63) is 34.9 Å². The van der Waals surface area contributed by atoms with Crippen molar-refractivity contribution in [2.45, 2.75) is 13.8 Å². The number of hydrogen-bond donors (Lipinski definition) is 0. The minimum absolute atomic E-state index is 0.945. The molecule has 0 aliphatic carbocycles. The molecule has 0 aromatic rings. The summed E-state index contributed by atoms with van der Waals surface area (Å²) in [6.45, 7) is 7.72. The monoisotopic (exact) mass is 186 g/mol. The van der Waals surface area contributed by atoms with E-state index in [-0.39, 0.29) is 0 Å². The first kappa shape index (κ1) is 8.70. The molecule has 0 spiro atoms. The first-order valence-electron chi connectivity index (χ1n) is 2.83. The molecule has 0 unspecified atom stereocenters. The molecular weight excluding hydrogens is 176 g/mol. The highest BCUT2D eigenvalue weighted by Crippen LogP contribution is 2.12. The summed E-state index contributed by atoms with van der Waals surface area (Å²) < 4.78 is 0.945. The summed E-state index contributed by atoms with van der Waals surface area (Å²) in [6.07, 6.45) is 5.98. The summed E-state index contributed by atoms with van der Waals surface area (Å²) in [6, 6.07) is 0. The average Bonchev–Trinajstić information content (AvgIpc) is 1.82. The normalized spacial score (nSPS) is 12.6. The van der Waals surface area contributed by atoms with Gasteiger partial charge in [-0.05, 0) is 19.4 Å². The molecule has 0 heterocycles. The topological polar surface area (TPSA) is 0 Å². The van der Waals surface area contributed by atoms with Crippen LogP contribution in [0.4, 0.5) is 0 Å². The van der Waals surface area contributed by atoms with E-state index < -0.39 is 0 Å². The molecule has 0 nitrogen and oxygen atoms in total. The third kappa shape index (κ3) is 4.22. The quantitative estimate of drug-likeness (QED) is 0.581. The number of rotatable bonds is 2. The van der Waals surface area contributed by atoms with E-state index >= 15 is 0 Å². The third-order valence-corrected chi connectivity index (χ3v) is 1.59. The van der Waals surface area contributed by atoms with Crippen molar-refractivity contribution in [3.8, 4) is 0 Å². The lowest BCUT2D eigenvalue weighted by atomic mass is 10.3. The number of halogens is 1. The van der Waals surface area contributed by atoms with Gasteiger partial charge in [-0.3, -0.25) is 0 Å². The Balaban J connectivity index is 4.00. The van der Waals surface area contributed by atoms with Crippen LogP contribution in [-0.4, -0.2) is 0 Å². The molecule has 50 valence electrons. The Kier molecular flexibility index (Phi) is 4.41. The molecule has 0 aliphatic heterocycles. The van der Waals surface area contributed by atoms with Gasteiger partial charge >= 0.3 is 0 Å². The molecule has 0 saturated heterocycles. The molecular formula is C8H11Br. The molecule has 0 rings (SSSR count). The van der Waals surface area contributed by atoms with Crippen LogP contribution in [0.3, 0.4) is 0 Å². The van der Waals surface area contributed by atoms with Gasteiger partial charge in [-0.1, -0.05) is 40.7 Å². The second kappa shape index (κ2) is 4.57. The van der Waals surface area contributed by atoms with Crippen molar-refractivity contribution in [1.82, 2.24) is 0 Å². The molecule has 0 atom stereocenters. The van der Waals surface area contributed by atoms with E-state index in [9.17, 15) is 0 Å². The highest BCUT2D eigenvalue weighted by Gasteiger charge is 1.85. The Morgan fingerprint density at radius 1 is 1.56 bits per heavy atom. The van der Waals surface area contributed by atoms with Crippen molar-refractivity contribution >= 4 is 15.9 Å². The second-order valence-electron chi connectivity index (χ2n) is 1.78. The van der Waals surface area contributed by atoms with Gasteiger partial charge in [-0.2, -0.15) is 0 Å².